The van der Waals surface area contributed by atoms with Gasteiger partial charge < -0.3 is 4.74 Å². The summed E-state index contributed by atoms with van der Waals surface area (Å²) in [6.45, 7) is 7.10. The zero-order valence-corrected chi connectivity index (χ0v) is 20.4. The van der Waals surface area contributed by atoms with Gasteiger partial charge in [0.2, 0.25) is 0 Å². The van der Waals surface area contributed by atoms with Gasteiger partial charge in [-0.1, -0.05) is 65.7 Å². The lowest BCUT2D eigenvalue weighted by Crippen LogP contribution is -2.32. The molecule has 0 heterocycles. The second kappa shape index (κ2) is 12.5. The van der Waals surface area contributed by atoms with E-state index in [1.54, 1.807) is 0 Å². The molecule has 0 N–H and O–H groups in total. The summed E-state index contributed by atoms with van der Waals surface area (Å²) in [6, 6.07) is 0. The molecule has 0 aromatic rings. The summed E-state index contributed by atoms with van der Waals surface area (Å²) in [6.07, 6.45) is 22.2. The summed E-state index contributed by atoms with van der Waals surface area (Å²) in [4.78, 5) is 12.7. The molecule has 174 valence electrons. The SMILES string of the molecule is CCCC(C)CCCC1CCC(C(=O)OC2CCC(C3CCC(C)CC3)CC2)CC1. The predicted octanol–water partition coefficient (Wildman–Crippen LogP) is 8.33. The molecule has 30 heavy (non-hydrogen) atoms. The fourth-order valence-corrected chi connectivity index (χ4v) is 6.77. The summed E-state index contributed by atoms with van der Waals surface area (Å²) >= 11 is 0. The highest BCUT2D eigenvalue weighted by Crippen LogP contribution is 2.41. The van der Waals surface area contributed by atoms with Crippen molar-refractivity contribution in [2.24, 2.45) is 35.5 Å². The van der Waals surface area contributed by atoms with Gasteiger partial charge in [-0.25, -0.2) is 0 Å². The fourth-order valence-electron chi connectivity index (χ4n) is 6.77. The van der Waals surface area contributed by atoms with Crippen LogP contribution in [-0.4, -0.2) is 12.1 Å². The van der Waals surface area contributed by atoms with Crippen LogP contribution in [0.5, 0.6) is 0 Å². The second-order valence-electron chi connectivity index (χ2n) is 11.5. The van der Waals surface area contributed by atoms with Crippen LogP contribution in [0, 0.1) is 35.5 Å². The van der Waals surface area contributed by atoms with E-state index in [2.05, 4.69) is 20.8 Å². The molecule has 3 rings (SSSR count). The molecule has 0 saturated heterocycles. The highest BCUT2D eigenvalue weighted by Gasteiger charge is 2.33. The second-order valence-corrected chi connectivity index (χ2v) is 11.5. The van der Waals surface area contributed by atoms with E-state index in [4.69, 9.17) is 4.74 Å². The largest absolute Gasteiger partial charge is 0.462 e. The smallest absolute Gasteiger partial charge is 0.309 e. The van der Waals surface area contributed by atoms with Crippen molar-refractivity contribution < 1.29 is 9.53 Å². The molecule has 3 aliphatic rings. The van der Waals surface area contributed by atoms with Crippen molar-refractivity contribution in [3.8, 4) is 0 Å². The first-order chi connectivity index (χ1) is 14.5. The van der Waals surface area contributed by atoms with E-state index in [9.17, 15) is 4.79 Å². The monoisotopic (exact) mass is 418 g/mol. The van der Waals surface area contributed by atoms with Crippen molar-refractivity contribution in [1.29, 1.82) is 0 Å². The van der Waals surface area contributed by atoms with Crippen LogP contribution in [0.3, 0.4) is 0 Å². The molecule has 1 unspecified atom stereocenters. The third-order valence-corrected chi connectivity index (χ3v) is 9.00. The van der Waals surface area contributed by atoms with Gasteiger partial charge in [0.1, 0.15) is 6.10 Å². The molecule has 3 saturated carbocycles. The number of carbonyl (C=O) groups is 1. The van der Waals surface area contributed by atoms with E-state index in [0.717, 1.165) is 55.3 Å². The zero-order valence-electron chi connectivity index (χ0n) is 20.4. The molecule has 0 aliphatic heterocycles. The maximum atomic E-state index is 12.7. The molecule has 2 heteroatoms. The van der Waals surface area contributed by atoms with Gasteiger partial charge in [0, 0.05) is 0 Å². The Morgan fingerprint density at radius 3 is 2.03 bits per heavy atom. The lowest BCUT2D eigenvalue weighted by Gasteiger charge is -2.37. The first-order valence-corrected chi connectivity index (χ1v) is 13.8. The van der Waals surface area contributed by atoms with Crippen molar-refractivity contribution in [3.63, 3.8) is 0 Å². The highest BCUT2D eigenvalue weighted by atomic mass is 16.5. The van der Waals surface area contributed by atoms with E-state index in [0.29, 0.717) is 0 Å². The molecule has 3 aliphatic carbocycles. The zero-order chi connectivity index (χ0) is 21.3. The van der Waals surface area contributed by atoms with E-state index in [1.165, 1.54) is 83.5 Å². The van der Waals surface area contributed by atoms with Gasteiger partial charge in [0.05, 0.1) is 5.92 Å². The van der Waals surface area contributed by atoms with Crippen LogP contribution in [0.25, 0.3) is 0 Å². The van der Waals surface area contributed by atoms with Gasteiger partial charge in [-0.05, 0) is 93.8 Å². The van der Waals surface area contributed by atoms with Crippen LogP contribution in [0.4, 0.5) is 0 Å². The first-order valence-electron chi connectivity index (χ1n) is 13.8. The third-order valence-electron chi connectivity index (χ3n) is 9.00. The Kier molecular flexibility index (Phi) is 10.0. The van der Waals surface area contributed by atoms with Crippen molar-refractivity contribution in [2.75, 3.05) is 0 Å². The minimum atomic E-state index is 0.139. The molecular formula is C28H50O2. The lowest BCUT2D eigenvalue weighted by atomic mass is 9.71. The number of ether oxygens (including phenoxy) is 1. The van der Waals surface area contributed by atoms with Crippen LogP contribution >= 0.6 is 0 Å². The number of rotatable bonds is 9. The highest BCUT2D eigenvalue weighted by molar-refractivity contribution is 5.72. The normalized spacial score (nSPS) is 36.2. The van der Waals surface area contributed by atoms with Crippen LogP contribution in [-0.2, 0) is 9.53 Å². The molecule has 0 amide bonds. The molecule has 0 aromatic heterocycles. The molecule has 0 radical (unpaired) electrons. The Morgan fingerprint density at radius 1 is 0.833 bits per heavy atom. The van der Waals surface area contributed by atoms with Gasteiger partial charge in [-0.15, -0.1) is 0 Å². The van der Waals surface area contributed by atoms with E-state index >= 15 is 0 Å². The average molecular weight is 419 g/mol. The van der Waals surface area contributed by atoms with Gasteiger partial charge in [-0.2, -0.15) is 0 Å². The summed E-state index contributed by atoms with van der Waals surface area (Å²) in [5, 5.41) is 0. The first kappa shape index (κ1) is 24.1. The Morgan fingerprint density at radius 2 is 1.43 bits per heavy atom. The Bertz CT molecular complexity index is 477. The van der Waals surface area contributed by atoms with Gasteiger partial charge in [-0.3, -0.25) is 4.79 Å². The Labute approximate surface area is 187 Å². The quantitative estimate of drug-likeness (QED) is 0.352. The van der Waals surface area contributed by atoms with E-state index in [1.807, 2.05) is 0 Å². The van der Waals surface area contributed by atoms with E-state index in [-0.39, 0.29) is 18.0 Å². The summed E-state index contributed by atoms with van der Waals surface area (Å²) in [5.41, 5.74) is 0. The Balaban J connectivity index is 1.28. The van der Waals surface area contributed by atoms with Crippen molar-refractivity contribution >= 4 is 5.97 Å². The number of hydrogen-bond donors (Lipinski definition) is 0. The summed E-state index contributed by atoms with van der Waals surface area (Å²) in [5.74, 6) is 4.88. The van der Waals surface area contributed by atoms with Crippen molar-refractivity contribution in [2.45, 2.75) is 136 Å². The maximum absolute atomic E-state index is 12.7. The molecule has 3 fully saturated rings. The average Bonchev–Trinajstić information content (AvgIpc) is 2.75. The van der Waals surface area contributed by atoms with Crippen LogP contribution in [0.2, 0.25) is 0 Å². The number of esters is 1. The number of carbonyl (C=O) groups excluding carboxylic acids is 1. The molecule has 1 atom stereocenters. The van der Waals surface area contributed by atoms with Gasteiger partial charge in [0.15, 0.2) is 0 Å². The molecule has 0 aromatic carbocycles. The van der Waals surface area contributed by atoms with E-state index < -0.39 is 0 Å². The fraction of sp³-hybridized carbons (Fsp3) is 0.964. The van der Waals surface area contributed by atoms with Crippen LogP contribution in [0.1, 0.15) is 130 Å². The molecular weight excluding hydrogens is 368 g/mol. The maximum Gasteiger partial charge on any atom is 0.309 e. The van der Waals surface area contributed by atoms with Gasteiger partial charge in [0.25, 0.3) is 0 Å². The predicted molar refractivity (Wildman–Crippen MR) is 126 cm³/mol. The summed E-state index contributed by atoms with van der Waals surface area (Å²) in [7, 11) is 0. The minimum absolute atomic E-state index is 0.139. The van der Waals surface area contributed by atoms with Crippen molar-refractivity contribution in [1.82, 2.24) is 0 Å². The molecule has 0 bridgehead atoms. The Hall–Kier alpha value is -0.530. The minimum Gasteiger partial charge on any atom is -0.462 e. The lowest BCUT2D eigenvalue weighted by molar-refractivity contribution is -0.157. The molecule has 0 spiro atoms. The molecule has 2 nitrogen and oxygen atoms in total. The standard InChI is InChI=1S/C28H50O2/c1-4-6-21(2)7-5-8-23-11-15-26(16-12-23)28(29)30-27-19-17-25(18-20-27)24-13-9-22(3)10-14-24/h21-27H,4-20H2,1-3H3. The van der Waals surface area contributed by atoms with Gasteiger partial charge >= 0.3 is 5.97 Å². The van der Waals surface area contributed by atoms with Crippen LogP contribution < -0.4 is 0 Å². The number of hydrogen-bond acceptors (Lipinski definition) is 2. The van der Waals surface area contributed by atoms with Crippen molar-refractivity contribution in [3.05, 3.63) is 0 Å². The van der Waals surface area contributed by atoms with Crippen LogP contribution in [0.15, 0.2) is 0 Å². The summed E-state index contributed by atoms with van der Waals surface area (Å²) < 4.78 is 6.02. The topological polar surface area (TPSA) is 26.3 Å². The third kappa shape index (κ3) is 7.56.